The number of hydrogen-bond acceptors (Lipinski definition) is 5. The van der Waals surface area contributed by atoms with Crippen molar-refractivity contribution in [3.63, 3.8) is 0 Å². The first-order chi connectivity index (χ1) is 8.65. The lowest BCUT2D eigenvalue weighted by Crippen LogP contribution is -2.59. The normalized spacial score (nSPS) is 30.0. The van der Waals surface area contributed by atoms with Crippen LogP contribution in [0.4, 0.5) is 0 Å². The molecule has 1 aromatic heterocycles. The molecule has 3 heterocycles. The van der Waals surface area contributed by atoms with Crippen LogP contribution in [0.2, 0.25) is 0 Å². The Kier molecular flexibility index (Phi) is 2.93. The van der Waals surface area contributed by atoms with Crippen LogP contribution in [0.3, 0.4) is 0 Å². The van der Waals surface area contributed by atoms with Gasteiger partial charge in [-0.3, -0.25) is 0 Å². The van der Waals surface area contributed by atoms with E-state index in [1.54, 1.807) is 6.07 Å². The van der Waals surface area contributed by atoms with Gasteiger partial charge in [-0.25, -0.2) is 8.42 Å². The minimum atomic E-state index is -3.60. The molecule has 2 saturated heterocycles. The van der Waals surface area contributed by atoms with Crippen LogP contribution in [0.5, 0.6) is 0 Å². The van der Waals surface area contributed by atoms with Crippen molar-refractivity contribution in [2.75, 3.05) is 33.0 Å². The third-order valence-corrected chi connectivity index (χ3v) is 5.35. The van der Waals surface area contributed by atoms with E-state index in [-0.39, 0.29) is 5.09 Å². The van der Waals surface area contributed by atoms with E-state index in [9.17, 15) is 8.42 Å². The molecule has 1 aromatic rings. The molecule has 1 spiro atoms. The summed E-state index contributed by atoms with van der Waals surface area (Å²) in [6.07, 6.45) is 2.03. The molecule has 2 aliphatic rings. The summed E-state index contributed by atoms with van der Waals surface area (Å²) >= 11 is 0. The fraction of sp³-hybridized carbons (Fsp3) is 0.636. The molecule has 0 N–H and O–H groups in total. The Hall–Kier alpha value is -0.890. The molecule has 0 aliphatic carbocycles. The zero-order valence-corrected chi connectivity index (χ0v) is 10.7. The van der Waals surface area contributed by atoms with E-state index in [4.69, 9.17) is 13.9 Å². The summed E-state index contributed by atoms with van der Waals surface area (Å²) < 4.78 is 42.4. The largest absolute Gasteiger partial charge is 0.452 e. The fourth-order valence-electron chi connectivity index (χ4n) is 2.52. The lowest BCUT2D eigenvalue weighted by Gasteiger charge is -2.41. The molecule has 0 unspecified atom stereocenters. The van der Waals surface area contributed by atoms with Crippen LogP contribution >= 0.6 is 0 Å². The van der Waals surface area contributed by atoms with Gasteiger partial charge in [-0.15, -0.1) is 0 Å². The van der Waals surface area contributed by atoms with E-state index < -0.39 is 15.6 Å². The van der Waals surface area contributed by atoms with Gasteiger partial charge < -0.3 is 13.9 Å². The van der Waals surface area contributed by atoms with Gasteiger partial charge in [0.1, 0.15) is 0 Å². The van der Waals surface area contributed by atoms with Crippen molar-refractivity contribution in [2.24, 2.45) is 0 Å². The lowest BCUT2D eigenvalue weighted by atomic mass is 9.99. The number of furan rings is 1. The van der Waals surface area contributed by atoms with Gasteiger partial charge in [0.05, 0.1) is 31.6 Å². The molecule has 7 heteroatoms. The first-order valence-electron chi connectivity index (χ1n) is 5.87. The Morgan fingerprint density at radius 3 is 2.61 bits per heavy atom. The smallest absolute Gasteiger partial charge is 0.277 e. The standard InChI is InChI=1S/C11H15NO5S/c13-18(14,10-2-1-5-17-10)12-4-7-16-9-11(12)3-6-15-8-11/h1-2,5H,3-4,6-9H2/t11-/m1/s1. The Morgan fingerprint density at radius 2 is 2.00 bits per heavy atom. The Bertz CT molecular complexity index is 504. The van der Waals surface area contributed by atoms with E-state index >= 15 is 0 Å². The van der Waals surface area contributed by atoms with Crippen LogP contribution in [0.25, 0.3) is 0 Å². The van der Waals surface area contributed by atoms with Gasteiger partial charge in [-0.05, 0) is 18.6 Å². The molecule has 2 fully saturated rings. The lowest BCUT2D eigenvalue weighted by molar-refractivity contribution is -0.0298. The van der Waals surface area contributed by atoms with Crippen molar-refractivity contribution < 1.29 is 22.3 Å². The highest BCUT2D eigenvalue weighted by atomic mass is 32.2. The van der Waals surface area contributed by atoms with Gasteiger partial charge in [0.15, 0.2) is 0 Å². The highest BCUT2D eigenvalue weighted by molar-refractivity contribution is 7.89. The zero-order valence-electron chi connectivity index (χ0n) is 9.87. The van der Waals surface area contributed by atoms with E-state index in [0.717, 1.165) is 0 Å². The quantitative estimate of drug-likeness (QED) is 0.783. The molecule has 18 heavy (non-hydrogen) atoms. The number of nitrogens with zero attached hydrogens (tertiary/aromatic N) is 1. The maximum absolute atomic E-state index is 12.5. The van der Waals surface area contributed by atoms with Crippen molar-refractivity contribution in [3.05, 3.63) is 18.4 Å². The molecular weight excluding hydrogens is 258 g/mol. The molecule has 2 aliphatic heterocycles. The average Bonchev–Trinajstić information content (AvgIpc) is 3.01. The highest BCUT2D eigenvalue weighted by Crippen LogP contribution is 2.34. The van der Waals surface area contributed by atoms with Crippen LogP contribution in [0, 0.1) is 0 Å². The van der Waals surface area contributed by atoms with Crippen molar-refractivity contribution >= 4 is 10.0 Å². The van der Waals surface area contributed by atoms with Crippen LogP contribution in [0.15, 0.2) is 27.9 Å². The van der Waals surface area contributed by atoms with Crippen LogP contribution in [-0.4, -0.2) is 51.2 Å². The third-order valence-electron chi connectivity index (χ3n) is 3.46. The molecule has 0 saturated carbocycles. The maximum Gasteiger partial charge on any atom is 0.277 e. The van der Waals surface area contributed by atoms with Crippen molar-refractivity contribution in [2.45, 2.75) is 17.1 Å². The molecule has 100 valence electrons. The summed E-state index contributed by atoms with van der Waals surface area (Å²) in [4.78, 5) is 0. The minimum absolute atomic E-state index is 0.0179. The monoisotopic (exact) mass is 273 g/mol. The molecule has 0 radical (unpaired) electrons. The first-order valence-corrected chi connectivity index (χ1v) is 7.31. The van der Waals surface area contributed by atoms with Crippen molar-refractivity contribution in [3.8, 4) is 0 Å². The van der Waals surface area contributed by atoms with E-state index in [1.165, 1.54) is 16.6 Å². The summed E-state index contributed by atoms with van der Waals surface area (Å²) in [5, 5.41) is -0.0179. The topological polar surface area (TPSA) is 69.0 Å². The average molecular weight is 273 g/mol. The fourth-order valence-corrected chi connectivity index (χ4v) is 4.19. The van der Waals surface area contributed by atoms with E-state index in [2.05, 4.69) is 0 Å². The van der Waals surface area contributed by atoms with Gasteiger partial charge in [-0.1, -0.05) is 0 Å². The SMILES string of the molecule is O=S(=O)(c1ccco1)N1CCOC[C@]12CCOC2. The highest BCUT2D eigenvalue weighted by Gasteiger charge is 2.49. The summed E-state index contributed by atoms with van der Waals surface area (Å²) in [6.45, 7) is 2.07. The van der Waals surface area contributed by atoms with Crippen LogP contribution in [-0.2, 0) is 19.5 Å². The van der Waals surface area contributed by atoms with E-state index in [1.807, 2.05) is 0 Å². The molecule has 1 atom stereocenters. The van der Waals surface area contributed by atoms with Gasteiger partial charge >= 0.3 is 0 Å². The Balaban J connectivity index is 1.98. The predicted molar refractivity (Wildman–Crippen MR) is 61.6 cm³/mol. The second kappa shape index (κ2) is 4.34. The summed E-state index contributed by atoms with van der Waals surface area (Å²) in [5.74, 6) is 0. The Morgan fingerprint density at radius 1 is 1.22 bits per heavy atom. The molecular formula is C11H15NO5S. The molecule has 0 amide bonds. The summed E-state index contributed by atoms with van der Waals surface area (Å²) in [7, 11) is -3.60. The first kappa shape index (κ1) is 12.2. The van der Waals surface area contributed by atoms with Crippen molar-refractivity contribution in [1.29, 1.82) is 0 Å². The number of hydrogen-bond donors (Lipinski definition) is 0. The van der Waals surface area contributed by atoms with Crippen LogP contribution in [0.1, 0.15) is 6.42 Å². The van der Waals surface area contributed by atoms with Crippen molar-refractivity contribution in [1.82, 2.24) is 4.31 Å². The molecule has 3 rings (SSSR count). The summed E-state index contributed by atoms with van der Waals surface area (Å²) in [5.41, 5.74) is -0.566. The second-order valence-corrected chi connectivity index (χ2v) is 6.38. The second-order valence-electron chi connectivity index (χ2n) is 4.59. The van der Waals surface area contributed by atoms with Gasteiger partial charge in [0.2, 0.25) is 5.09 Å². The summed E-state index contributed by atoms with van der Waals surface area (Å²) in [6, 6.07) is 3.04. The number of rotatable bonds is 2. The zero-order chi connectivity index (χ0) is 12.6. The Labute approximate surface area is 106 Å². The predicted octanol–water partition coefficient (Wildman–Crippen LogP) is 0.460. The van der Waals surface area contributed by atoms with Gasteiger partial charge in [-0.2, -0.15) is 4.31 Å². The van der Waals surface area contributed by atoms with Gasteiger partial charge in [0, 0.05) is 13.2 Å². The number of ether oxygens (including phenoxy) is 2. The number of morpholine rings is 1. The van der Waals surface area contributed by atoms with Gasteiger partial charge in [0.25, 0.3) is 10.0 Å². The molecule has 6 nitrogen and oxygen atoms in total. The number of sulfonamides is 1. The molecule has 0 aromatic carbocycles. The minimum Gasteiger partial charge on any atom is -0.452 e. The van der Waals surface area contributed by atoms with E-state index in [0.29, 0.717) is 39.4 Å². The maximum atomic E-state index is 12.5. The van der Waals surface area contributed by atoms with Crippen LogP contribution < -0.4 is 0 Å². The molecule has 0 bridgehead atoms. The third kappa shape index (κ3) is 1.78.